The molecule has 0 aliphatic heterocycles. The molecule has 0 aromatic heterocycles. The molecule has 0 bridgehead atoms. The Labute approximate surface area is 104 Å². The first-order valence-corrected chi connectivity index (χ1v) is 7.53. The molecule has 1 aliphatic rings. The molecule has 3 rings (SSSR count). The van der Waals surface area contributed by atoms with Crippen LogP contribution in [0.25, 0.3) is 11.1 Å². The molecule has 0 radical (unpaired) electrons. The summed E-state index contributed by atoms with van der Waals surface area (Å²) in [5.41, 5.74) is 4.03. The van der Waals surface area contributed by atoms with Gasteiger partial charge in [0.2, 0.25) is 0 Å². The van der Waals surface area contributed by atoms with Gasteiger partial charge in [-0.15, -0.1) is 0 Å². The van der Waals surface area contributed by atoms with Crippen molar-refractivity contribution in [2.75, 3.05) is 0 Å². The van der Waals surface area contributed by atoms with E-state index in [-0.39, 0.29) is 4.90 Å². The molecule has 0 saturated heterocycles. The average Bonchev–Trinajstić information content (AvgIpc) is 2.65. The van der Waals surface area contributed by atoms with Gasteiger partial charge in [-0.3, -0.25) is 0 Å². The second-order valence-corrected chi connectivity index (χ2v) is 6.59. The van der Waals surface area contributed by atoms with Gasteiger partial charge in [-0.1, -0.05) is 36.4 Å². The fraction of sp³-hybridized carbons (Fsp3) is 0.0769. The van der Waals surface area contributed by atoms with Crippen molar-refractivity contribution in [2.45, 2.75) is 11.3 Å². The van der Waals surface area contributed by atoms with Gasteiger partial charge in [0.05, 0.1) is 4.90 Å². The van der Waals surface area contributed by atoms with E-state index in [4.69, 9.17) is 10.7 Å². The summed E-state index contributed by atoms with van der Waals surface area (Å²) in [6.07, 6.45) is 0.633. The second kappa shape index (κ2) is 3.59. The molecule has 2 aromatic carbocycles. The highest BCUT2D eigenvalue weighted by molar-refractivity contribution is 8.13. The summed E-state index contributed by atoms with van der Waals surface area (Å²) in [5.74, 6) is 0. The predicted octanol–water partition coefficient (Wildman–Crippen LogP) is 3.19. The van der Waals surface area contributed by atoms with Gasteiger partial charge in [0.1, 0.15) is 0 Å². The molecule has 0 heterocycles. The first kappa shape index (κ1) is 10.8. The lowest BCUT2D eigenvalue weighted by Gasteiger charge is -2.04. The molecular formula is C13H9ClO2S. The van der Waals surface area contributed by atoms with Crippen LogP contribution in [0.4, 0.5) is 0 Å². The van der Waals surface area contributed by atoms with E-state index >= 15 is 0 Å². The molecule has 0 unspecified atom stereocenters. The zero-order valence-electron chi connectivity index (χ0n) is 8.85. The number of rotatable bonds is 1. The highest BCUT2D eigenvalue weighted by atomic mass is 35.7. The van der Waals surface area contributed by atoms with Crippen molar-refractivity contribution in [2.24, 2.45) is 0 Å². The standard InChI is InChI=1S/C13H9ClO2S/c14-17(15,16)13-7-3-6-11-10-5-2-1-4-9(10)8-12(11)13/h1-7H,8H2. The number of fused-ring (bicyclic) bond motifs is 3. The molecule has 86 valence electrons. The monoisotopic (exact) mass is 264 g/mol. The van der Waals surface area contributed by atoms with E-state index in [1.165, 1.54) is 0 Å². The minimum atomic E-state index is -3.67. The third-order valence-electron chi connectivity index (χ3n) is 3.07. The maximum Gasteiger partial charge on any atom is 0.261 e. The molecule has 0 N–H and O–H groups in total. The first-order chi connectivity index (χ1) is 8.07. The highest BCUT2D eigenvalue weighted by Crippen LogP contribution is 2.40. The minimum Gasteiger partial charge on any atom is -0.207 e. The summed E-state index contributed by atoms with van der Waals surface area (Å²) >= 11 is 0. The summed E-state index contributed by atoms with van der Waals surface area (Å²) in [5, 5.41) is 0. The molecule has 0 saturated carbocycles. The number of hydrogen-bond acceptors (Lipinski definition) is 2. The van der Waals surface area contributed by atoms with Gasteiger partial charge >= 0.3 is 0 Å². The van der Waals surface area contributed by atoms with Crippen LogP contribution in [-0.4, -0.2) is 8.42 Å². The Morgan fingerprint density at radius 3 is 2.41 bits per heavy atom. The van der Waals surface area contributed by atoms with E-state index in [0.29, 0.717) is 6.42 Å². The Morgan fingerprint density at radius 1 is 0.941 bits per heavy atom. The van der Waals surface area contributed by atoms with Crippen molar-refractivity contribution < 1.29 is 8.42 Å². The third kappa shape index (κ3) is 1.66. The zero-order valence-corrected chi connectivity index (χ0v) is 10.4. The van der Waals surface area contributed by atoms with Crippen LogP contribution in [0.15, 0.2) is 47.4 Å². The minimum absolute atomic E-state index is 0.230. The molecule has 1 aliphatic carbocycles. The lowest BCUT2D eigenvalue weighted by molar-refractivity contribution is 0.609. The predicted molar refractivity (Wildman–Crippen MR) is 67.7 cm³/mol. The number of benzene rings is 2. The van der Waals surface area contributed by atoms with Crippen LogP contribution in [0.3, 0.4) is 0 Å². The quantitative estimate of drug-likeness (QED) is 0.633. The van der Waals surface area contributed by atoms with Gasteiger partial charge in [0.25, 0.3) is 9.05 Å². The van der Waals surface area contributed by atoms with Crippen LogP contribution in [0.5, 0.6) is 0 Å². The van der Waals surface area contributed by atoms with Crippen molar-refractivity contribution in [3.05, 3.63) is 53.6 Å². The molecule has 17 heavy (non-hydrogen) atoms. The summed E-state index contributed by atoms with van der Waals surface area (Å²) < 4.78 is 23.0. The SMILES string of the molecule is O=S(=O)(Cl)c1cccc2c1Cc1ccccc1-2. The Hall–Kier alpha value is -1.32. The molecule has 2 nitrogen and oxygen atoms in total. The summed E-state index contributed by atoms with van der Waals surface area (Å²) in [4.78, 5) is 0.230. The maximum atomic E-state index is 11.5. The molecule has 0 amide bonds. The van der Waals surface area contributed by atoms with Crippen molar-refractivity contribution in [1.29, 1.82) is 0 Å². The molecule has 0 spiro atoms. The highest BCUT2D eigenvalue weighted by Gasteiger charge is 2.25. The van der Waals surface area contributed by atoms with Crippen LogP contribution in [0.2, 0.25) is 0 Å². The van der Waals surface area contributed by atoms with E-state index in [2.05, 4.69) is 0 Å². The van der Waals surface area contributed by atoms with Crippen molar-refractivity contribution in [1.82, 2.24) is 0 Å². The van der Waals surface area contributed by atoms with Crippen molar-refractivity contribution in [3.63, 3.8) is 0 Å². The fourth-order valence-corrected chi connectivity index (χ4v) is 3.51. The van der Waals surface area contributed by atoms with Crippen molar-refractivity contribution in [3.8, 4) is 11.1 Å². The number of halogens is 1. The zero-order chi connectivity index (χ0) is 12.0. The van der Waals surface area contributed by atoms with Gasteiger partial charge in [-0.05, 0) is 34.7 Å². The average molecular weight is 265 g/mol. The molecular weight excluding hydrogens is 256 g/mol. The van der Waals surface area contributed by atoms with Crippen LogP contribution >= 0.6 is 10.7 Å². The second-order valence-electron chi connectivity index (χ2n) is 4.05. The first-order valence-electron chi connectivity index (χ1n) is 5.22. The normalized spacial score (nSPS) is 13.2. The Balaban J connectivity index is 2.32. The van der Waals surface area contributed by atoms with Crippen LogP contribution in [-0.2, 0) is 15.5 Å². The molecule has 4 heteroatoms. The smallest absolute Gasteiger partial charge is 0.207 e. The summed E-state index contributed by atoms with van der Waals surface area (Å²) in [6, 6.07) is 13.2. The van der Waals surface area contributed by atoms with Gasteiger partial charge in [-0.2, -0.15) is 0 Å². The maximum absolute atomic E-state index is 11.5. The molecule has 0 fully saturated rings. The van der Waals surface area contributed by atoms with Gasteiger partial charge in [0, 0.05) is 10.7 Å². The Kier molecular flexibility index (Phi) is 2.28. The third-order valence-corrected chi connectivity index (χ3v) is 4.48. The van der Waals surface area contributed by atoms with E-state index in [0.717, 1.165) is 22.3 Å². The van der Waals surface area contributed by atoms with E-state index in [9.17, 15) is 8.42 Å². The largest absolute Gasteiger partial charge is 0.261 e. The van der Waals surface area contributed by atoms with Crippen LogP contribution in [0, 0.1) is 0 Å². The van der Waals surface area contributed by atoms with Crippen molar-refractivity contribution >= 4 is 19.7 Å². The molecule has 2 aromatic rings. The lowest BCUT2D eigenvalue weighted by atomic mass is 10.1. The fourth-order valence-electron chi connectivity index (χ4n) is 2.36. The Morgan fingerprint density at radius 2 is 1.65 bits per heavy atom. The van der Waals surface area contributed by atoms with E-state index in [1.54, 1.807) is 12.1 Å². The van der Waals surface area contributed by atoms with Gasteiger partial charge in [0.15, 0.2) is 0 Å². The molecule has 0 atom stereocenters. The topological polar surface area (TPSA) is 34.1 Å². The Bertz CT molecular complexity index is 705. The van der Waals surface area contributed by atoms with E-state index in [1.807, 2.05) is 30.3 Å². The van der Waals surface area contributed by atoms with Crippen LogP contribution in [0.1, 0.15) is 11.1 Å². The summed E-state index contributed by atoms with van der Waals surface area (Å²) in [6.45, 7) is 0. The lowest BCUT2D eigenvalue weighted by Crippen LogP contribution is -1.96. The van der Waals surface area contributed by atoms with Crippen LogP contribution < -0.4 is 0 Å². The van der Waals surface area contributed by atoms with Gasteiger partial charge < -0.3 is 0 Å². The van der Waals surface area contributed by atoms with Gasteiger partial charge in [-0.25, -0.2) is 8.42 Å². The number of hydrogen-bond donors (Lipinski definition) is 0. The summed E-state index contributed by atoms with van der Waals surface area (Å²) in [7, 11) is 1.78. The van der Waals surface area contributed by atoms with E-state index < -0.39 is 9.05 Å².